The number of ether oxygens (including phenoxy) is 1. The minimum absolute atomic E-state index is 0.0826. The predicted octanol–water partition coefficient (Wildman–Crippen LogP) is 4.89. The first-order valence-electron chi connectivity index (χ1n) is 7.87. The van der Waals surface area contributed by atoms with E-state index in [-0.39, 0.29) is 6.10 Å². The Balaban J connectivity index is 1.96. The molecule has 0 radical (unpaired) electrons. The van der Waals surface area contributed by atoms with Crippen molar-refractivity contribution in [3.05, 3.63) is 59.9 Å². The fourth-order valence-corrected chi connectivity index (χ4v) is 2.81. The minimum atomic E-state index is -0.0826. The largest absolute Gasteiger partial charge is 0.483 e. The third kappa shape index (κ3) is 2.84. The fraction of sp³-hybridized carbons (Fsp3) is 0.316. The Hall–Kier alpha value is -2.29. The summed E-state index contributed by atoms with van der Waals surface area (Å²) in [7, 11) is 0. The van der Waals surface area contributed by atoms with Crippen molar-refractivity contribution in [3.8, 4) is 5.75 Å². The predicted molar refractivity (Wildman–Crippen MR) is 90.2 cm³/mol. The van der Waals surface area contributed by atoms with Gasteiger partial charge in [-0.25, -0.2) is 4.98 Å². The average molecular weight is 294 g/mol. The maximum Gasteiger partial charge on any atom is 0.153 e. The zero-order valence-electron chi connectivity index (χ0n) is 13.4. The topological polar surface area (TPSA) is 27.1 Å². The van der Waals surface area contributed by atoms with E-state index < -0.39 is 0 Å². The molecule has 0 saturated heterocycles. The Kier molecular flexibility index (Phi) is 4.14. The van der Waals surface area contributed by atoms with Crippen LogP contribution in [-0.2, 0) is 6.54 Å². The molecular formula is C19H22N2O. The van der Waals surface area contributed by atoms with Gasteiger partial charge in [0.15, 0.2) is 11.9 Å². The lowest BCUT2D eigenvalue weighted by molar-refractivity contribution is 0.211. The van der Waals surface area contributed by atoms with Crippen LogP contribution in [0.5, 0.6) is 5.75 Å². The molecule has 0 aliphatic heterocycles. The van der Waals surface area contributed by atoms with Gasteiger partial charge < -0.3 is 9.30 Å². The summed E-state index contributed by atoms with van der Waals surface area (Å²) in [6, 6.07) is 16.4. The van der Waals surface area contributed by atoms with Gasteiger partial charge in [-0.15, -0.1) is 0 Å². The summed E-state index contributed by atoms with van der Waals surface area (Å²) >= 11 is 0. The normalized spacial score (nSPS) is 12.5. The third-order valence-corrected chi connectivity index (χ3v) is 3.80. The molecule has 0 bridgehead atoms. The van der Waals surface area contributed by atoms with E-state index in [0.29, 0.717) is 0 Å². The first-order valence-corrected chi connectivity index (χ1v) is 7.87. The van der Waals surface area contributed by atoms with Crippen LogP contribution in [0.2, 0.25) is 0 Å². The summed E-state index contributed by atoms with van der Waals surface area (Å²) in [5, 5.41) is 0. The molecule has 3 rings (SSSR count). The van der Waals surface area contributed by atoms with Gasteiger partial charge in [-0.3, -0.25) is 0 Å². The maximum absolute atomic E-state index is 6.11. The second kappa shape index (κ2) is 6.22. The van der Waals surface area contributed by atoms with Crippen LogP contribution >= 0.6 is 0 Å². The van der Waals surface area contributed by atoms with Crippen molar-refractivity contribution in [2.45, 2.75) is 39.8 Å². The summed E-state index contributed by atoms with van der Waals surface area (Å²) in [5.41, 5.74) is 3.41. The summed E-state index contributed by atoms with van der Waals surface area (Å²) < 4.78 is 8.39. The lowest BCUT2D eigenvalue weighted by Crippen LogP contribution is -2.12. The molecule has 0 fully saturated rings. The number of aromatic nitrogens is 2. The number of nitrogens with zero attached hydrogens (tertiary/aromatic N) is 2. The van der Waals surface area contributed by atoms with Crippen LogP contribution in [0, 0.1) is 6.92 Å². The quantitative estimate of drug-likeness (QED) is 0.669. The number of para-hydroxylation sites is 2. The first-order chi connectivity index (χ1) is 10.7. The Bertz CT molecular complexity index is 776. The SMILES string of the molecule is CCCn1c([C@H](C)Oc2cccc(C)c2)nc2ccccc21. The number of rotatable bonds is 5. The highest BCUT2D eigenvalue weighted by atomic mass is 16.5. The number of aryl methyl sites for hydroxylation is 2. The van der Waals surface area contributed by atoms with Crippen LogP contribution in [0.4, 0.5) is 0 Å². The van der Waals surface area contributed by atoms with Crippen LogP contribution in [0.3, 0.4) is 0 Å². The lowest BCUT2D eigenvalue weighted by Gasteiger charge is -2.16. The minimum Gasteiger partial charge on any atom is -0.483 e. The van der Waals surface area contributed by atoms with Gasteiger partial charge in [0.1, 0.15) is 5.75 Å². The van der Waals surface area contributed by atoms with E-state index in [0.717, 1.165) is 30.1 Å². The zero-order chi connectivity index (χ0) is 15.5. The molecule has 3 heteroatoms. The maximum atomic E-state index is 6.11. The Morgan fingerprint density at radius 1 is 1.14 bits per heavy atom. The molecule has 0 amide bonds. The van der Waals surface area contributed by atoms with Crippen molar-refractivity contribution in [3.63, 3.8) is 0 Å². The fourth-order valence-electron chi connectivity index (χ4n) is 2.81. The molecule has 114 valence electrons. The standard InChI is InChI=1S/C19H22N2O/c1-4-12-21-18-11-6-5-10-17(18)20-19(21)15(3)22-16-9-7-8-14(2)13-16/h5-11,13,15H,4,12H2,1-3H3/t15-/m0/s1. The molecule has 1 aromatic heterocycles. The van der Waals surface area contributed by atoms with Gasteiger partial charge in [0.25, 0.3) is 0 Å². The van der Waals surface area contributed by atoms with Gasteiger partial charge in [-0.05, 0) is 50.1 Å². The highest BCUT2D eigenvalue weighted by Gasteiger charge is 2.17. The molecule has 2 aromatic carbocycles. The summed E-state index contributed by atoms with van der Waals surface area (Å²) in [6.07, 6.45) is 0.991. The number of hydrogen-bond donors (Lipinski definition) is 0. The number of hydrogen-bond acceptors (Lipinski definition) is 2. The van der Waals surface area contributed by atoms with Crippen molar-refractivity contribution < 1.29 is 4.74 Å². The molecule has 0 unspecified atom stereocenters. The first kappa shape index (κ1) is 14.6. The zero-order valence-corrected chi connectivity index (χ0v) is 13.4. The van der Waals surface area contributed by atoms with Gasteiger partial charge in [0.2, 0.25) is 0 Å². The van der Waals surface area contributed by atoms with E-state index in [2.05, 4.69) is 55.7 Å². The van der Waals surface area contributed by atoms with Crippen molar-refractivity contribution in [2.75, 3.05) is 0 Å². The number of imidazole rings is 1. The van der Waals surface area contributed by atoms with E-state index in [1.807, 2.05) is 18.2 Å². The van der Waals surface area contributed by atoms with Crippen molar-refractivity contribution in [1.29, 1.82) is 0 Å². The Labute approximate surface area is 131 Å². The molecule has 1 heterocycles. The van der Waals surface area contributed by atoms with Crippen LogP contribution < -0.4 is 4.74 Å². The highest BCUT2D eigenvalue weighted by molar-refractivity contribution is 5.76. The van der Waals surface area contributed by atoms with Crippen molar-refractivity contribution in [2.24, 2.45) is 0 Å². The summed E-state index contributed by atoms with van der Waals surface area (Å²) in [4.78, 5) is 4.79. The second-order valence-corrected chi connectivity index (χ2v) is 5.69. The number of benzene rings is 2. The lowest BCUT2D eigenvalue weighted by atomic mass is 10.2. The molecule has 3 nitrogen and oxygen atoms in total. The van der Waals surface area contributed by atoms with E-state index in [1.165, 1.54) is 11.1 Å². The molecule has 0 aliphatic rings. The van der Waals surface area contributed by atoms with Crippen LogP contribution in [0.1, 0.15) is 37.8 Å². The van der Waals surface area contributed by atoms with Crippen LogP contribution in [0.25, 0.3) is 11.0 Å². The van der Waals surface area contributed by atoms with E-state index in [4.69, 9.17) is 9.72 Å². The smallest absolute Gasteiger partial charge is 0.153 e. The van der Waals surface area contributed by atoms with Gasteiger partial charge in [-0.1, -0.05) is 31.2 Å². The van der Waals surface area contributed by atoms with Gasteiger partial charge in [0, 0.05) is 6.54 Å². The van der Waals surface area contributed by atoms with Gasteiger partial charge in [0.05, 0.1) is 11.0 Å². The second-order valence-electron chi connectivity index (χ2n) is 5.69. The average Bonchev–Trinajstić information content (AvgIpc) is 2.87. The monoisotopic (exact) mass is 294 g/mol. The van der Waals surface area contributed by atoms with E-state index >= 15 is 0 Å². The third-order valence-electron chi connectivity index (χ3n) is 3.80. The molecular weight excluding hydrogens is 272 g/mol. The van der Waals surface area contributed by atoms with E-state index in [1.54, 1.807) is 0 Å². The Morgan fingerprint density at radius 3 is 2.73 bits per heavy atom. The molecule has 3 aromatic rings. The molecule has 0 aliphatic carbocycles. The van der Waals surface area contributed by atoms with Gasteiger partial charge in [-0.2, -0.15) is 0 Å². The molecule has 0 spiro atoms. The van der Waals surface area contributed by atoms with Crippen LogP contribution in [0.15, 0.2) is 48.5 Å². The Morgan fingerprint density at radius 2 is 1.95 bits per heavy atom. The van der Waals surface area contributed by atoms with Gasteiger partial charge >= 0.3 is 0 Å². The molecule has 0 saturated carbocycles. The number of fused-ring (bicyclic) bond motifs is 1. The molecule has 22 heavy (non-hydrogen) atoms. The summed E-state index contributed by atoms with van der Waals surface area (Å²) in [6.45, 7) is 7.28. The van der Waals surface area contributed by atoms with Crippen molar-refractivity contribution in [1.82, 2.24) is 9.55 Å². The summed E-state index contributed by atoms with van der Waals surface area (Å²) in [5.74, 6) is 1.88. The van der Waals surface area contributed by atoms with E-state index in [9.17, 15) is 0 Å². The highest BCUT2D eigenvalue weighted by Crippen LogP contribution is 2.25. The molecule has 1 atom stereocenters. The van der Waals surface area contributed by atoms with Crippen molar-refractivity contribution >= 4 is 11.0 Å². The molecule has 0 N–H and O–H groups in total. The van der Waals surface area contributed by atoms with Crippen LogP contribution in [-0.4, -0.2) is 9.55 Å².